The first-order chi connectivity index (χ1) is 13.5. The van der Waals surface area contributed by atoms with E-state index in [1.807, 2.05) is 19.1 Å². The van der Waals surface area contributed by atoms with E-state index in [1.54, 1.807) is 60.7 Å². The minimum Gasteiger partial charge on any atom is -0.457 e. The van der Waals surface area contributed by atoms with E-state index in [0.29, 0.717) is 28.5 Å². The predicted molar refractivity (Wildman–Crippen MR) is 112 cm³/mol. The third-order valence-electron chi connectivity index (χ3n) is 4.00. The maximum Gasteiger partial charge on any atom is 0.248 e. The number of allylic oxidation sites excluding steroid dienone is 1. The van der Waals surface area contributed by atoms with Gasteiger partial charge in [-0.2, -0.15) is 0 Å². The van der Waals surface area contributed by atoms with E-state index in [4.69, 9.17) is 10.2 Å². The number of rotatable bonds is 6. The second-order valence-electron chi connectivity index (χ2n) is 6.21. The lowest BCUT2D eigenvalue weighted by Gasteiger charge is -2.04. The number of benzene rings is 2. The Morgan fingerprint density at radius 1 is 0.893 bits per heavy atom. The molecule has 0 atom stereocenters. The van der Waals surface area contributed by atoms with E-state index in [-0.39, 0.29) is 11.7 Å². The molecule has 1 aromatic heterocycles. The van der Waals surface area contributed by atoms with Crippen LogP contribution >= 0.6 is 0 Å². The molecule has 0 unspecified atom stereocenters. The zero-order valence-electron chi connectivity index (χ0n) is 15.4. The van der Waals surface area contributed by atoms with Crippen molar-refractivity contribution in [2.24, 2.45) is 0 Å². The normalized spacial score (nSPS) is 11.2. The average molecular weight is 372 g/mol. The van der Waals surface area contributed by atoms with Crippen molar-refractivity contribution in [2.75, 3.05) is 11.1 Å². The summed E-state index contributed by atoms with van der Waals surface area (Å²) >= 11 is 0. The standard InChI is InChI=1S/C23H20N2O3/c1-16-6-8-17(9-7-16)22(26)14-12-18-10-11-19(28-18)13-15-23(27)25-21-5-3-2-4-20(21)24/h2-15H,24H2,1H3,(H,25,27)/b14-12+,15-13+. The molecule has 0 saturated heterocycles. The Hall–Kier alpha value is -3.86. The molecule has 0 spiro atoms. The molecular formula is C23H20N2O3. The Bertz CT molecular complexity index is 1040. The highest BCUT2D eigenvalue weighted by atomic mass is 16.3. The van der Waals surface area contributed by atoms with Crippen LogP contribution in [0.4, 0.5) is 11.4 Å². The number of hydrogen-bond acceptors (Lipinski definition) is 4. The van der Waals surface area contributed by atoms with Gasteiger partial charge in [0.05, 0.1) is 11.4 Å². The molecule has 3 N–H and O–H groups in total. The Morgan fingerprint density at radius 3 is 2.21 bits per heavy atom. The van der Waals surface area contributed by atoms with Gasteiger partial charge < -0.3 is 15.5 Å². The summed E-state index contributed by atoms with van der Waals surface area (Å²) in [5.74, 6) is 0.598. The van der Waals surface area contributed by atoms with E-state index in [0.717, 1.165) is 5.56 Å². The number of para-hydroxylation sites is 2. The van der Waals surface area contributed by atoms with Crippen molar-refractivity contribution in [3.63, 3.8) is 0 Å². The van der Waals surface area contributed by atoms with Gasteiger partial charge in [-0.05, 0) is 49.4 Å². The largest absolute Gasteiger partial charge is 0.457 e. The van der Waals surface area contributed by atoms with Gasteiger partial charge in [0, 0.05) is 11.6 Å². The van der Waals surface area contributed by atoms with Gasteiger partial charge in [0.1, 0.15) is 11.5 Å². The van der Waals surface area contributed by atoms with Crippen molar-refractivity contribution in [2.45, 2.75) is 6.92 Å². The molecule has 0 fully saturated rings. The second-order valence-corrected chi connectivity index (χ2v) is 6.21. The Balaban J connectivity index is 1.59. The number of carbonyl (C=O) groups is 2. The fraction of sp³-hybridized carbons (Fsp3) is 0.0435. The molecule has 3 rings (SSSR count). The number of nitrogens with one attached hydrogen (secondary N) is 1. The topological polar surface area (TPSA) is 85.3 Å². The molecule has 1 amide bonds. The molecule has 0 saturated carbocycles. The number of ketones is 1. The number of aryl methyl sites for hydroxylation is 1. The summed E-state index contributed by atoms with van der Waals surface area (Å²) in [6.07, 6.45) is 5.97. The molecule has 2 aromatic carbocycles. The summed E-state index contributed by atoms with van der Waals surface area (Å²) in [6, 6.07) is 17.8. The lowest BCUT2D eigenvalue weighted by Crippen LogP contribution is -2.09. The van der Waals surface area contributed by atoms with E-state index in [2.05, 4.69) is 5.32 Å². The molecule has 1 heterocycles. The Kier molecular flexibility index (Phi) is 5.87. The van der Waals surface area contributed by atoms with Gasteiger partial charge in [0.25, 0.3) is 0 Å². The first-order valence-corrected chi connectivity index (χ1v) is 8.74. The first kappa shape index (κ1) is 18.9. The number of nitrogens with two attached hydrogens (primary N) is 1. The molecule has 3 aromatic rings. The zero-order chi connectivity index (χ0) is 19.9. The second kappa shape index (κ2) is 8.68. The van der Waals surface area contributed by atoms with Crippen molar-refractivity contribution in [1.29, 1.82) is 0 Å². The van der Waals surface area contributed by atoms with Crippen LogP contribution in [0.2, 0.25) is 0 Å². The van der Waals surface area contributed by atoms with Crippen molar-refractivity contribution in [1.82, 2.24) is 0 Å². The van der Waals surface area contributed by atoms with E-state index < -0.39 is 0 Å². The van der Waals surface area contributed by atoms with Gasteiger partial charge in [0.15, 0.2) is 5.78 Å². The predicted octanol–water partition coefficient (Wildman–Crippen LogP) is 4.72. The molecule has 5 heteroatoms. The number of furan rings is 1. The number of nitrogen functional groups attached to an aromatic ring is 1. The molecule has 0 bridgehead atoms. The first-order valence-electron chi connectivity index (χ1n) is 8.74. The number of carbonyl (C=O) groups excluding carboxylic acids is 2. The van der Waals surface area contributed by atoms with Gasteiger partial charge in [-0.3, -0.25) is 9.59 Å². The summed E-state index contributed by atoms with van der Waals surface area (Å²) in [5, 5.41) is 2.70. The van der Waals surface area contributed by atoms with Gasteiger partial charge in [-0.1, -0.05) is 42.0 Å². The fourth-order valence-corrected chi connectivity index (χ4v) is 2.46. The van der Waals surface area contributed by atoms with Gasteiger partial charge in [-0.15, -0.1) is 0 Å². The highest BCUT2D eigenvalue weighted by Crippen LogP contribution is 2.17. The molecule has 140 valence electrons. The molecule has 28 heavy (non-hydrogen) atoms. The van der Waals surface area contributed by atoms with Crippen molar-refractivity contribution in [3.05, 3.63) is 95.5 Å². The van der Waals surface area contributed by atoms with Crippen LogP contribution in [-0.4, -0.2) is 11.7 Å². The van der Waals surface area contributed by atoms with Crippen LogP contribution < -0.4 is 11.1 Å². The van der Waals surface area contributed by atoms with Crippen molar-refractivity contribution < 1.29 is 14.0 Å². The Labute approximate surface area is 163 Å². The van der Waals surface area contributed by atoms with E-state index in [9.17, 15) is 9.59 Å². The molecule has 0 aliphatic carbocycles. The minimum atomic E-state index is -0.319. The van der Waals surface area contributed by atoms with Crippen LogP contribution in [0, 0.1) is 6.92 Å². The maximum atomic E-state index is 12.1. The highest BCUT2D eigenvalue weighted by Gasteiger charge is 2.04. The SMILES string of the molecule is Cc1ccc(C(=O)/C=C/c2ccc(/C=C/C(=O)Nc3ccccc3N)o2)cc1. The van der Waals surface area contributed by atoms with Crippen LogP contribution in [0.1, 0.15) is 27.4 Å². The highest BCUT2D eigenvalue weighted by molar-refractivity contribution is 6.06. The monoisotopic (exact) mass is 372 g/mol. The fourth-order valence-electron chi connectivity index (χ4n) is 2.46. The maximum absolute atomic E-state index is 12.1. The van der Waals surface area contributed by atoms with Crippen molar-refractivity contribution in [3.8, 4) is 0 Å². The third kappa shape index (κ3) is 5.08. The van der Waals surface area contributed by atoms with Gasteiger partial charge in [-0.25, -0.2) is 0 Å². The third-order valence-corrected chi connectivity index (χ3v) is 4.00. The van der Waals surface area contributed by atoms with Crippen LogP contribution in [0.15, 0.2) is 77.2 Å². The summed E-state index contributed by atoms with van der Waals surface area (Å²) in [5.41, 5.74) is 8.55. The van der Waals surface area contributed by atoms with E-state index in [1.165, 1.54) is 12.2 Å². The molecule has 0 aliphatic rings. The average Bonchev–Trinajstić information content (AvgIpc) is 3.15. The van der Waals surface area contributed by atoms with Gasteiger partial charge >= 0.3 is 0 Å². The number of amides is 1. The zero-order valence-corrected chi connectivity index (χ0v) is 15.4. The Morgan fingerprint density at radius 2 is 1.54 bits per heavy atom. The lowest BCUT2D eigenvalue weighted by atomic mass is 10.1. The number of anilines is 2. The molecule has 5 nitrogen and oxygen atoms in total. The number of hydrogen-bond donors (Lipinski definition) is 2. The van der Waals surface area contributed by atoms with Crippen LogP contribution in [0.5, 0.6) is 0 Å². The summed E-state index contributed by atoms with van der Waals surface area (Å²) in [6.45, 7) is 1.97. The van der Waals surface area contributed by atoms with Crippen LogP contribution in [-0.2, 0) is 4.79 Å². The van der Waals surface area contributed by atoms with E-state index >= 15 is 0 Å². The lowest BCUT2D eigenvalue weighted by molar-refractivity contribution is -0.111. The molecular weight excluding hydrogens is 352 g/mol. The van der Waals surface area contributed by atoms with Crippen LogP contribution in [0.25, 0.3) is 12.2 Å². The molecule has 0 radical (unpaired) electrons. The summed E-state index contributed by atoms with van der Waals surface area (Å²) in [7, 11) is 0. The van der Waals surface area contributed by atoms with Crippen LogP contribution in [0.3, 0.4) is 0 Å². The summed E-state index contributed by atoms with van der Waals surface area (Å²) in [4.78, 5) is 24.1. The summed E-state index contributed by atoms with van der Waals surface area (Å²) < 4.78 is 5.58. The van der Waals surface area contributed by atoms with Gasteiger partial charge in [0.2, 0.25) is 5.91 Å². The van der Waals surface area contributed by atoms with Crippen molar-refractivity contribution >= 4 is 35.2 Å². The molecule has 0 aliphatic heterocycles. The smallest absolute Gasteiger partial charge is 0.248 e. The quantitative estimate of drug-likeness (QED) is 0.372. The minimum absolute atomic E-state index is 0.103.